The number of oxime groups is 1. The summed E-state index contributed by atoms with van der Waals surface area (Å²) in [6.45, 7) is -0.665. The third-order valence-corrected chi connectivity index (χ3v) is 7.09. The second-order valence-electron chi connectivity index (χ2n) is 9.48. The first kappa shape index (κ1) is 22.4. The van der Waals surface area contributed by atoms with Crippen molar-refractivity contribution in [2.75, 3.05) is 26.3 Å². The number of likely N-dealkylation sites (tertiary alicyclic amines) is 1. The zero-order chi connectivity index (χ0) is 22.8. The normalized spacial score (nSPS) is 27.8. The van der Waals surface area contributed by atoms with E-state index < -0.39 is 12.2 Å². The van der Waals surface area contributed by atoms with E-state index in [0.717, 1.165) is 56.2 Å². The summed E-state index contributed by atoms with van der Waals surface area (Å²) in [4.78, 5) is 20.4. The number of carbonyl (C=O) groups is 1. The van der Waals surface area contributed by atoms with Gasteiger partial charge in [-0.25, -0.2) is 0 Å². The van der Waals surface area contributed by atoms with Crippen LogP contribution in [0.1, 0.15) is 56.9 Å². The van der Waals surface area contributed by atoms with E-state index in [0.29, 0.717) is 32.7 Å². The fraction of sp³-hybridized carbons (Fsp3) is 0.667. The van der Waals surface area contributed by atoms with E-state index in [9.17, 15) is 13.6 Å². The molecule has 1 saturated carbocycles. The molecule has 0 aromatic heterocycles. The summed E-state index contributed by atoms with van der Waals surface area (Å²) in [6, 6.07) is 4.87. The average Bonchev–Trinajstić information content (AvgIpc) is 3.58. The summed E-state index contributed by atoms with van der Waals surface area (Å²) < 4.78 is 42.4. The molecule has 1 spiro atoms. The smallest absolute Gasteiger partial charge is 0.387 e. The molecule has 2 unspecified atom stereocenters. The van der Waals surface area contributed by atoms with Gasteiger partial charge in [-0.15, -0.1) is 0 Å². The molecule has 180 valence electrons. The van der Waals surface area contributed by atoms with Crippen molar-refractivity contribution in [2.24, 2.45) is 11.1 Å². The van der Waals surface area contributed by atoms with Crippen LogP contribution in [0.4, 0.5) is 8.78 Å². The van der Waals surface area contributed by atoms with E-state index >= 15 is 0 Å². The van der Waals surface area contributed by atoms with Crippen molar-refractivity contribution in [1.82, 2.24) is 4.90 Å². The minimum Gasteiger partial charge on any atom is -0.485 e. The Morgan fingerprint density at radius 2 is 2.03 bits per heavy atom. The molecule has 0 bridgehead atoms. The quantitative estimate of drug-likeness (QED) is 0.633. The van der Waals surface area contributed by atoms with Gasteiger partial charge in [0.05, 0.1) is 25.5 Å². The molecule has 1 aromatic rings. The fourth-order valence-corrected chi connectivity index (χ4v) is 5.29. The molecule has 3 fully saturated rings. The van der Waals surface area contributed by atoms with Crippen LogP contribution < -0.4 is 9.47 Å². The number of hydrogen-bond donors (Lipinski definition) is 0. The van der Waals surface area contributed by atoms with Gasteiger partial charge < -0.3 is 23.9 Å². The van der Waals surface area contributed by atoms with Crippen LogP contribution in [0, 0.1) is 5.92 Å². The van der Waals surface area contributed by atoms with Crippen LogP contribution in [0.2, 0.25) is 0 Å². The van der Waals surface area contributed by atoms with Gasteiger partial charge in [0.25, 0.3) is 0 Å². The Hall–Kier alpha value is -2.42. The number of ether oxygens (including phenoxy) is 3. The molecule has 1 amide bonds. The zero-order valence-electron chi connectivity index (χ0n) is 18.6. The second-order valence-corrected chi connectivity index (χ2v) is 9.48. The average molecular weight is 465 g/mol. The number of hydrogen-bond acceptors (Lipinski definition) is 6. The van der Waals surface area contributed by atoms with Gasteiger partial charge in [-0.05, 0) is 43.9 Å². The Kier molecular flexibility index (Phi) is 6.40. The van der Waals surface area contributed by atoms with Crippen molar-refractivity contribution in [3.8, 4) is 11.5 Å². The van der Waals surface area contributed by atoms with Gasteiger partial charge in [0.1, 0.15) is 6.10 Å². The van der Waals surface area contributed by atoms with Gasteiger partial charge in [-0.1, -0.05) is 18.0 Å². The van der Waals surface area contributed by atoms with E-state index in [1.54, 1.807) is 12.1 Å². The summed E-state index contributed by atoms with van der Waals surface area (Å²) in [5.41, 5.74) is 1.04. The molecule has 9 heteroatoms. The molecule has 33 heavy (non-hydrogen) atoms. The highest BCUT2D eigenvalue weighted by Crippen LogP contribution is 2.37. The van der Waals surface area contributed by atoms with Gasteiger partial charge in [0, 0.05) is 30.9 Å². The maximum absolute atomic E-state index is 13.0. The van der Waals surface area contributed by atoms with E-state index in [1.807, 2.05) is 4.90 Å². The van der Waals surface area contributed by atoms with Crippen LogP contribution >= 0.6 is 0 Å². The molecule has 7 nitrogen and oxygen atoms in total. The molecule has 4 aliphatic rings. The highest BCUT2D eigenvalue weighted by Gasteiger charge is 2.43. The number of nitrogens with zero attached hydrogens (tertiary/aromatic N) is 2. The lowest BCUT2D eigenvalue weighted by atomic mass is 9.93. The van der Waals surface area contributed by atoms with Crippen molar-refractivity contribution in [3.63, 3.8) is 0 Å². The monoisotopic (exact) mass is 464 g/mol. The third kappa shape index (κ3) is 4.93. The van der Waals surface area contributed by atoms with Gasteiger partial charge >= 0.3 is 6.61 Å². The summed E-state index contributed by atoms with van der Waals surface area (Å²) in [5.74, 6) is 0.517. The van der Waals surface area contributed by atoms with Crippen LogP contribution in [-0.2, 0) is 14.4 Å². The van der Waals surface area contributed by atoms with Gasteiger partial charge in [-0.2, -0.15) is 8.78 Å². The van der Waals surface area contributed by atoms with E-state index in [1.165, 1.54) is 6.07 Å². The van der Waals surface area contributed by atoms with Gasteiger partial charge in [0.15, 0.2) is 17.1 Å². The van der Waals surface area contributed by atoms with Crippen molar-refractivity contribution in [3.05, 3.63) is 23.8 Å². The predicted octanol–water partition coefficient (Wildman–Crippen LogP) is 4.13. The molecule has 3 aliphatic heterocycles. The van der Waals surface area contributed by atoms with Crippen LogP contribution in [0.5, 0.6) is 11.5 Å². The Labute approximate surface area is 192 Å². The Balaban J connectivity index is 1.31. The molecular weight excluding hydrogens is 434 g/mol. The van der Waals surface area contributed by atoms with Gasteiger partial charge in [0.2, 0.25) is 5.91 Å². The summed E-state index contributed by atoms with van der Waals surface area (Å²) >= 11 is 0. The third-order valence-electron chi connectivity index (χ3n) is 7.09. The molecule has 5 rings (SSSR count). The summed E-state index contributed by atoms with van der Waals surface area (Å²) in [7, 11) is 0. The van der Waals surface area contributed by atoms with E-state index in [-0.39, 0.29) is 29.4 Å². The first-order chi connectivity index (χ1) is 16.0. The SMILES string of the molecule is O=C(C1CCCC1)N1CCCC(Oc2cc(C3=NOC4(CCOC4)C3)ccc2OC(F)F)C1. The van der Waals surface area contributed by atoms with E-state index in [4.69, 9.17) is 19.0 Å². The molecule has 0 radical (unpaired) electrons. The summed E-state index contributed by atoms with van der Waals surface area (Å²) in [5, 5.41) is 4.24. The molecule has 0 N–H and O–H groups in total. The van der Waals surface area contributed by atoms with Crippen LogP contribution in [0.3, 0.4) is 0 Å². The minimum absolute atomic E-state index is 0.0218. The van der Waals surface area contributed by atoms with Crippen molar-refractivity contribution >= 4 is 11.6 Å². The standard InChI is InChI=1S/C24H30F2N2O5/c25-23(26)32-20-8-7-17(19-13-24(33-27-19)9-11-30-15-24)12-21(20)31-18-6-3-10-28(14-18)22(29)16-4-1-2-5-16/h7-8,12,16,18,23H,1-6,9-11,13-15H2. The van der Waals surface area contributed by atoms with Crippen molar-refractivity contribution in [1.29, 1.82) is 0 Å². The molecular formula is C24H30F2N2O5. The zero-order valence-corrected chi connectivity index (χ0v) is 18.6. The number of benzene rings is 1. The lowest BCUT2D eigenvalue weighted by Gasteiger charge is -2.34. The number of amides is 1. The number of rotatable bonds is 6. The molecule has 2 saturated heterocycles. The largest absolute Gasteiger partial charge is 0.485 e. The maximum Gasteiger partial charge on any atom is 0.387 e. The highest BCUT2D eigenvalue weighted by atomic mass is 19.3. The number of carbonyl (C=O) groups excluding carboxylic acids is 1. The molecule has 2 atom stereocenters. The van der Waals surface area contributed by atoms with Gasteiger partial charge in [-0.3, -0.25) is 4.79 Å². The van der Waals surface area contributed by atoms with Crippen LogP contribution in [0.15, 0.2) is 23.4 Å². The number of piperidine rings is 1. The maximum atomic E-state index is 13.0. The van der Waals surface area contributed by atoms with E-state index in [2.05, 4.69) is 5.16 Å². The van der Waals surface area contributed by atoms with Crippen molar-refractivity contribution < 1.29 is 32.6 Å². The lowest BCUT2D eigenvalue weighted by Crippen LogP contribution is -2.46. The van der Waals surface area contributed by atoms with Crippen LogP contribution in [-0.4, -0.2) is 61.1 Å². The minimum atomic E-state index is -2.96. The fourth-order valence-electron chi connectivity index (χ4n) is 5.29. The first-order valence-electron chi connectivity index (χ1n) is 11.9. The molecule has 3 heterocycles. The Bertz CT molecular complexity index is 897. The van der Waals surface area contributed by atoms with Crippen molar-refractivity contribution in [2.45, 2.75) is 69.7 Å². The Morgan fingerprint density at radius 3 is 2.79 bits per heavy atom. The topological polar surface area (TPSA) is 69.6 Å². The van der Waals surface area contributed by atoms with Crippen LogP contribution in [0.25, 0.3) is 0 Å². The first-order valence-corrected chi connectivity index (χ1v) is 11.9. The molecule has 1 aliphatic carbocycles. The number of alkyl halides is 2. The predicted molar refractivity (Wildman–Crippen MR) is 116 cm³/mol. The second kappa shape index (κ2) is 9.44. The highest BCUT2D eigenvalue weighted by molar-refractivity contribution is 6.02. The number of halogens is 2. The Morgan fingerprint density at radius 1 is 1.18 bits per heavy atom. The lowest BCUT2D eigenvalue weighted by molar-refractivity contribution is -0.138. The molecule has 1 aromatic carbocycles. The summed E-state index contributed by atoms with van der Waals surface area (Å²) in [6.07, 6.45) is 6.75.